The summed E-state index contributed by atoms with van der Waals surface area (Å²) in [5, 5.41) is 7.66. The van der Waals surface area contributed by atoms with E-state index >= 15 is 0 Å². The third-order valence-corrected chi connectivity index (χ3v) is 6.65. The number of aryl methyl sites for hydroxylation is 1. The second-order valence-electron chi connectivity index (χ2n) is 10.2. The quantitative estimate of drug-likeness (QED) is 0.712. The lowest BCUT2D eigenvalue weighted by Gasteiger charge is -2.39. The number of anilines is 1. The summed E-state index contributed by atoms with van der Waals surface area (Å²) in [7, 11) is 0. The maximum Gasteiger partial charge on any atom is 0.410 e. The van der Waals surface area contributed by atoms with Gasteiger partial charge in [0.05, 0.1) is 12.1 Å². The summed E-state index contributed by atoms with van der Waals surface area (Å²) in [5.41, 5.74) is 2.40. The Hall–Kier alpha value is -2.51. The first-order chi connectivity index (χ1) is 14.9. The SMILES string of the molecule is Cc1cccc(CC(=O)N2CC[C@H](c3cc4n(n3)[C@H](C(F)(F)F)C[C@H](C(C)(C)C)N4)C2)c1. The molecule has 3 heterocycles. The molecule has 1 aromatic carbocycles. The lowest BCUT2D eigenvalue weighted by Crippen LogP contribution is -2.44. The fourth-order valence-corrected chi connectivity index (χ4v) is 4.70. The van der Waals surface area contributed by atoms with E-state index < -0.39 is 12.2 Å². The predicted octanol–water partition coefficient (Wildman–Crippen LogP) is 5.08. The molecule has 174 valence electrons. The number of fused-ring (bicyclic) bond motifs is 1. The first kappa shape index (κ1) is 22.7. The molecule has 0 spiro atoms. The lowest BCUT2D eigenvalue weighted by molar-refractivity contribution is -0.175. The van der Waals surface area contributed by atoms with E-state index in [0.29, 0.717) is 37.4 Å². The van der Waals surface area contributed by atoms with Gasteiger partial charge in [-0.3, -0.25) is 4.79 Å². The third kappa shape index (κ3) is 4.64. The van der Waals surface area contributed by atoms with Gasteiger partial charge in [0, 0.05) is 31.1 Å². The molecule has 0 radical (unpaired) electrons. The number of nitrogens with one attached hydrogen (secondary N) is 1. The molecule has 0 unspecified atom stereocenters. The standard InChI is InChI=1S/C24H31F3N4O/c1-15-6-5-7-16(10-15)11-22(32)30-9-8-17(14-30)18-12-21-28-19(23(2,3)4)13-20(24(25,26)27)31(21)29-18/h5-7,10,12,17,19-20,28H,8-9,11,13-14H2,1-4H3/t17-,19+,20-/m0/s1. The minimum atomic E-state index is -4.37. The van der Waals surface area contributed by atoms with E-state index in [2.05, 4.69) is 10.4 Å². The second-order valence-corrected chi connectivity index (χ2v) is 10.2. The average Bonchev–Trinajstić information content (AvgIpc) is 3.32. The number of halogens is 3. The number of benzene rings is 1. The fraction of sp³-hybridized carbons (Fsp3) is 0.583. The van der Waals surface area contributed by atoms with Crippen molar-refractivity contribution in [2.75, 3.05) is 18.4 Å². The number of hydrogen-bond donors (Lipinski definition) is 1. The largest absolute Gasteiger partial charge is 0.410 e. The van der Waals surface area contributed by atoms with E-state index in [9.17, 15) is 18.0 Å². The zero-order chi connectivity index (χ0) is 23.3. The van der Waals surface area contributed by atoms with Gasteiger partial charge in [-0.2, -0.15) is 18.3 Å². The van der Waals surface area contributed by atoms with Crippen molar-refractivity contribution in [3.05, 3.63) is 47.2 Å². The van der Waals surface area contributed by atoms with Crippen molar-refractivity contribution >= 4 is 11.7 Å². The number of carbonyl (C=O) groups is 1. The van der Waals surface area contributed by atoms with Crippen LogP contribution >= 0.6 is 0 Å². The molecule has 4 rings (SSSR count). The highest BCUT2D eigenvalue weighted by molar-refractivity contribution is 5.79. The molecule has 0 aliphatic carbocycles. The van der Waals surface area contributed by atoms with E-state index in [1.54, 1.807) is 11.0 Å². The molecule has 3 atom stereocenters. The summed E-state index contributed by atoms with van der Waals surface area (Å²) in [4.78, 5) is 14.6. The summed E-state index contributed by atoms with van der Waals surface area (Å²) in [6.07, 6.45) is -3.38. The minimum absolute atomic E-state index is 0.0427. The van der Waals surface area contributed by atoms with Crippen molar-refractivity contribution in [2.45, 2.75) is 71.1 Å². The Balaban J connectivity index is 1.50. The van der Waals surface area contributed by atoms with Crippen LogP contribution in [-0.2, 0) is 11.2 Å². The second kappa shape index (κ2) is 8.12. The third-order valence-electron chi connectivity index (χ3n) is 6.65. The van der Waals surface area contributed by atoms with Crippen molar-refractivity contribution in [1.82, 2.24) is 14.7 Å². The lowest BCUT2D eigenvalue weighted by atomic mass is 9.82. The van der Waals surface area contributed by atoms with Gasteiger partial charge in [-0.15, -0.1) is 0 Å². The molecule has 1 aromatic heterocycles. The van der Waals surface area contributed by atoms with Crippen LogP contribution in [0.4, 0.5) is 19.0 Å². The molecule has 2 aliphatic heterocycles. The van der Waals surface area contributed by atoms with Gasteiger partial charge in [-0.25, -0.2) is 4.68 Å². The number of aromatic nitrogens is 2. The number of nitrogens with zero attached hydrogens (tertiary/aromatic N) is 3. The summed E-state index contributed by atoms with van der Waals surface area (Å²) in [6.45, 7) is 8.91. The fourth-order valence-electron chi connectivity index (χ4n) is 4.70. The van der Waals surface area contributed by atoms with Gasteiger partial charge < -0.3 is 10.2 Å². The molecule has 0 bridgehead atoms. The summed E-state index contributed by atoms with van der Waals surface area (Å²) < 4.78 is 42.6. The van der Waals surface area contributed by atoms with Crippen LogP contribution < -0.4 is 5.32 Å². The molecule has 1 N–H and O–H groups in total. The highest BCUT2D eigenvalue weighted by Crippen LogP contribution is 2.44. The molecule has 0 saturated carbocycles. The Bertz CT molecular complexity index is 992. The normalized spacial score (nSPS) is 23.7. The summed E-state index contributed by atoms with van der Waals surface area (Å²) in [5.74, 6) is 0.400. The van der Waals surface area contributed by atoms with Crippen LogP contribution in [0.5, 0.6) is 0 Å². The molecule has 2 aromatic rings. The molecule has 5 nitrogen and oxygen atoms in total. The first-order valence-electron chi connectivity index (χ1n) is 11.2. The monoisotopic (exact) mass is 448 g/mol. The zero-order valence-electron chi connectivity index (χ0n) is 19.0. The molecule has 1 fully saturated rings. The van der Waals surface area contributed by atoms with E-state index in [1.165, 1.54) is 0 Å². The minimum Gasteiger partial charge on any atom is -0.367 e. The molecular weight excluding hydrogens is 417 g/mol. The van der Waals surface area contributed by atoms with Crippen molar-refractivity contribution < 1.29 is 18.0 Å². The summed E-state index contributed by atoms with van der Waals surface area (Å²) >= 11 is 0. The van der Waals surface area contributed by atoms with E-state index in [0.717, 1.165) is 15.8 Å². The molecule has 1 amide bonds. The Morgan fingerprint density at radius 3 is 2.62 bits per heavy atom. The van der Waals surface area contributed by atoms with Gasteiger partial charge in [0.2, 0.25) is 5.91 Å². The molecule has 2 aliphatic rings. The number of rotatable bonds is 3. The highest BCUT2D eigenvalue weighted by Gasteiger charge is 2.48. The van der Waals surface area contributed by atoms with Gasteiger partial charge in [0.25, 0.3) is 0 Å². The number of likely N-dealkylation sites (tertiary alicyclic amines) is 1. The maximum atomic E-state index is 13.8. The number of carbonyl (C=O) groups excluding carboxylic acids is 1. The Morgan fingerprint density at radius 2 is 1.97 bits per heavy atom. The highest BCUT2D eigenvalue weighted by atomic mass is 19.4. The van der Waals surface area contributed by atoms with Crippen molar-refractivity contribution in [3.63, 3.8) is 0 Å². The summed E-state index contributed by atoms with van der Waals surface area (Å²) in [6, 6.07) is 7.68. The first-order valence-corrected chi connectivity index (χ1v) is 11.2. The Morgan fingerprint density at radius 1 is 1.22 bits per heavy atom. The van der Waals surface area contributed by atoms with Crippen LogP contribution in [0.2, 0.25) is 0 Å². The molecule has 32 heavy (non-hydrogen) atoms. The van der Waals surface area contributed by atoms with Crippen LogP contribution in [0.3, 0.4) is 0 Å². The van der Waals surface area contributed by atoms with Gasteiger partial charge in [0.15, 0.2) is 6.04 Å². The topological polar surface area (TPSA) is 50.2 Å². The van der Waals surface area contributed by atoms with E-state index in [1.807, 2.05) is 52.0 Å². The maximum absolute atomic E-state index is 13.8. The Kier molecular flexibility index (Phi) is 5.75. The van der Waals surface area contributed by atoms with Gasteiger partial charge >= 0.3 is 6.18 Å². The molecular formula is C24H31F3N4O. The number of amides is 1. The average molecular weight is 449 g/mol. The van der Waals surface area contributed by atoms with Crippen molar-refractivity contribution in [1.29, 1.82) is 0 Å². The van der Waals surface area contributed by atoms with Crippen molar-refractivity contribution in [2.24, 2.45) is 5.41 Å². The number of hydrogen-bond acceptors (Lipinski definition) is 3. The van der Waals surface area contributed by atoms with Crippen LogP contribution in [0.1, 0.15) is 62.4 Å². The Labute approximate surface area is 187 Å². The van der Waals surface area contributed by atoms with Crippen LogP contribution in [-0.4, -0.2) is 45.9 Å². The van der Waals surface area contributed by atoms with E-state index in [4.69, 9.17) is 0 Å². The van der Waals surface area contributed by atoms with Crippen LogP contribution in [0.15, 0.2) is 30.3 Å². The molecule has 8 heteroatoms. The molecule has 1 saturated heterocycles. The van der Waals surface area contributed by atoms with Gasteiger partial charge in [0.1, 0.15) is 5.82 Å². The van der Waals surface area contributed by atoms with E-state index in [-0.39, 0.29) is 29.7 Å². The number of alkyl halides is 3. The van der Waals surface area contributed by atoms with Crippen LogP contribution in [0.25, 0.3) is 0 Å². The van der Waals surface area contributed by atoms with Crippen molar-refractivity contribution in [3.8, 4) is 0 Å². The predicted molar refractivity (Wildman–Crippen MR) is 118 cm³/mol. The smallest absolute Gasteiger partial charge is 0.367 e. The zero-order valence-corrected chi connectivity index (χ0v) is 19.0. The van der Waals surface area contributed by atoms with Gasteiger partial charge in [-0.1, -0.05) is 50.6 Å². The van der Waals surface area contributed by atoms with Gasteiger partial charge in [-0.05, 0) is 30.7 Å². The van der Waals surface area contributed by atoms with Crippen LogP contribution in [0, 0.1) is 12.3 Å².